The minimum atomic E-state index is -0.475. The maximum absolute atomic E-state index is 12.8. The number of piperazine rings is 1. The molecule has 0 aromatic heterocycles. The third kappa shape index (κ3) is 3.10. The van der Waals surface area contributed by atoms with Crippen LogP contribution in [0.2, 0.25) is 0 Å². The van der Waals surface area contributed by atoms with Crippen LogP contribution in [-0.2, 0) is 16.0 Å². The van der Waals surface area contributed by atoms with Crippen LogP contribution in [0, 0.1) is 5.82 Å². The molecule has 1 aliphatic rings. The lowest BCUT2D eigenvalue weighted by Gasteiger charge is -2.35. The molecule has 1 fully saturated rings. The number of rotatable bonds is 3. The fourth-order valence-corrected chi connectivity index (χ4v) is 2.28. The zero-order valence-corrected chi connectivity index (χ0v) is 11.0. The van der Waals surface area contributed by atoms with Gasteiger partial charge in [0.05, 0.1) is 6.54 Å². The number of amides is 2. The van der Waals surface area contributed by atoms with Gasteiger partial charge in [0.25, 0.3) is 0 Å². The molecule has 5 heteroatoms. The van der Waals surface area contributed by atoms with Crippen LogP contribution >= 0.6 is 0 Å². The lowest BCUT2D eigenvalue weighted by atomic mass is 10.0. The molecule has 1 saturated heterocycles. The van der Waals surface area contributed by atoms with Crippen LogP contribution in [-0.4, -0.2) is 35.3 Å². The molecule has 1 aromatic carbocycles. The lowest BCUT2D eigenvalue weighted by molar-refractivity contribution is -0.145. The van der Waals surface area contributed by atoms with Gasteiger partial charge >= 0.3 is 0 Å². The van der Waals surface area contributed by atoms with Gasteiger partial charge in [-0.2, -0.15) is 0 Å². The Morgan fingerprint density at radius 3 is 2.63 bits per heavy atom. The first-order valence-corrected chi connectivity index (χ1v) is 6.31. The molecule has 0 radical (unpaired) electrons. The Kier molecular flexibility index (Phi) is 3.83. The number of halogens is 1. The molecule has 4 nitrogen and oxygen atoms in total. The monoisotopic (exact) mass is 264 g/mol. The van der Waals surface area contributed by atoms with Crippen molar-refractivity contribution in [2.45, 2.75) is 32.4 Å². The smallest absolute Gasteiger partial charge is 0.245 e. The zero-order valence-electron chi connectivity index (χ0n) is 11.0. The van der Waals surface area contributed by atoms with E-state index in [0.717, 1.165) is 5.56 Å². The van der Waals surface area contributed by atoms with Crippen LogP contribution in [0.15, 0.2) is 24.3 Å². The van der Waals surface area contributed by atoms with Crippen LogP contribution in [0.25, 0.3) is 0 Å². The summed E-state index contributed by atoms with van der Waals surface area (Å²) in [5, 5.41) is 2.61. The highest BCUT2D eigenvalue weighted by molar-refractivity contribution is 5.94. The van der Waals surface area contributed by atoms with Crippen molar-refractivity contribution in [3.05, 3.63) is 35.6 Å². The number of nitrogens with zero attached hydrogens (tertiary/aromatic N) is 1. The van der Waals surface area contributed by atoms with E-state index in [9.17, 15) is 14.0 Å². The summed E-state index contributed by atoms with van der Waals surface area (Å²) in [6.45, 7) is 3.66. The Hall–Kier alpha value is -1.91. The summed E-state index contributed by atoms with van der Waals surface area (Å²) >= 11 is 0. The van der Waals surface area contributed by atoms with Gasteiger partial charge in [0, 0.05) is 6.04 Å². The Morgan fingerprint density at radius 2 is 2.00 bits per heavy atom. The molecule has 1 aromatic rings. The van der Waals surface area contributed by atoms with Crippen molar-refractivity contribution in [3.8, 4) is 0 Å². The summed E-state index contributed by atoms with van der Waals surface area (Å²) in [5.74, 6) is -0.495. The summed E-state index contributed by atoms with van der Waals surface area (Å²) in [5.41, 5.74) is 0.945. The third-order valence-electron chi connectivity index (χ3n) is 3.32. The van der Waals surface area contributed by atoms with Crippen LogP contribution in [0.3, 0.4) is 0 Å². The van der Waals surface area contributed by atoms with Crippen molar-refractivity contribution >= 4 is 11.8 Å². The molecule has 2 atom stereocenters. The van der Waals surface area contributed by atoms with Gasteiger partial charge in [0.1, 0.15) is 11.9 Å². The standard InChI is InChI=1S/C14H17FN2O2/c1-9(7-11-3-5-12(15)6-4-11)17-8-13(18)16-10(2)14(17)19/h3-6,9-10H,7-8H2,1-2H3,(H,16,18). The Bertz CT molecular complexity index is 487. The average molecular weight is 264 g/mol. The number of hydrogen-bond donors (Lipinski definition) is 1. The topological polar surface area (TPSA) is 49.4 Å². The highest BCUT2D eigenvalue weighted by Gasteiger charge is 2.32. The normalized spacial score (nSPS) is 21.2. The second-order valence-corrected chi connectivity index (χ2v) is 4.93. The van der Waals surface area contributed by atoms with E-state index in [4.69, 9.17) is 0 Å². The molecule has 2 amide bonds. The van der Waals surface area contributed by atoms with Crippen molar-refractivity contribution in [2.24, 2.45) is 0 Å². The van der Waals surface area contributed by atoms with Gasteiger partial charge in [-0.25, -0.2) is 4.39 Å². The first-order chi connectivity index (χ1) is 8.97. The van der Waals surface area contributed by atoms with Crippen molar-refractivity contribution in [2.75, 3.05) is 6.54 Å². The van der Waals surface area contributed by atoms with Crippen molar-refractivity contribution in [3.63, 3.8) is 0 Å². The van der Waals surface area contributed by atoms with E-state index in [0.29, 0.717) is 6.42 Å². The molecule has 1 N–H and O–H groups in total. The number of nitrogens with one attached hydrogen (secondary N) is 1. The Balaban J connectivity index is 2.06. The molecule has 1 aliphatic heterocycles. The van der Waals surface area contributed by atoms with E-state index in [-0.39, 0.29) is 30.2 Å². The van der Waals surface area contributed by atoms with Gasteiger partial charge in [0.2, 0.25) is 11.8 Å². The first kappa shape index (κ1) is 13.5. The van der Waals surface area contributed by atoms with Crippen molar-refractivity contribution in [1.29, 1.82) is 0 Å². The highest BCUT2D eigenvalue weighted by atomic mass is 19.1. The largest absolute Gasteiger partial charge is 0.343 e. The molecule has 1 heterocycles. The van der Waals surface area contributed by atoms with E-state index < -0.39 is 6.04 Å². The van der Waals surface area contributed by atoms with E-state index in [1.165, 1.54) is 12.1 Å². The second kappa shape index (κ2) is 5.38. The zero-order chi connectivity index (χ0) is 14.0. The fraction of sp³-hybridized carbons (Fsp3) is 0.429. The van der Waals surface area contributed by atoms with Gasteiger partial charge in [-0.1, -0.05) is 12.1 Å². The van der Waals surface area contributed by atoms with Crippen molar-refractivity contribution in [1.82, 2.24) is 10.2 Å². The molecule has 0 bridgehead atoms. The minimum Gasteiger partial charge on any atom is -0.343 e. The maximum Gasteiger partial charge on any atom is 0.245 e. The van der Waals surface area contributed by atoms with Gasteiger partial charge in [-0.05, 0) is 38.0 Å². The first-order valence-electron chi connectivity index (χ1n) is 6.31. The fourth-order valence-electron chi connectivity index (χ4n) is 2.28. The van der Waals surface area contributed by atoms with Crippen LogP contribution in [0.4, 0.5) is 4.39 Å². The molecule has 0 aliphatic carbocycles. The highest BCUT2D eigenvalue weighted by Crippen LogP contribution is 2.13. The summed E-state index contributed by atoms with van der Waals surface area (Å²) in [4.78, 5) is 25.1. The van der Waals surface area contributed by atoms with E-state index in [2.05, 4.69) is 5.32 Å². The summed E-state index contributed by atoms with van der Waals surface area (Å²) in [6.07, 6.45) is 0.603. The summed E-state index contributed by atoms with van der Waals surface area (Å²) < 4.78 is 12.8. The van der Waals surface area contributed by atoms with Crippen LogP contribution < -0.4 is 5.32 Å². The Labute approximate surface area is 111 Å². The predicted octanol–water partition coefficient (Wildman–Crippen LogP) is 1.10. The van der Waals surface area contributed by atoms with Gasteiger partial charge in [0.15, 0.2) is 0 Å². The molecular weight excluding hydrogens is 247 g/mol. The SMILES string of the molecule is CC1NC(=O)CN(C(C)Cc2ccc(F)cc2)C1=O. The van der Waals surface area contributed by atoms with Gasteiger partial charge < -0.3 is 10.2 Å². The third-order valence-corrected chi connectivity index (χ3v) is 3.32. The molecule has 0 saturated carbocycles. The molecule has 0 spiro atoms. The number of carbonyl (C=O) groups is 2. The van der Waals surface area contributed by atoms with Crippen LogP contribution in [0.5, 0.6) is 0 Å². The molecular formula is C14H17FN2O2. The second-order valence-electron chi connectivity index (χ2n) is 4.93. The minimum absolute atomic E-state index is 0.0748. The molecule has 2 rings (SSSR count). The molecule has 102 valence electrons. The molecule has 2 unspecified atom stereocenters. The van der Waals surface area contributed by atoms with Crippen molar-refractivity contribution < 1.29 is 14.0 Å². The Morgan fingerprint density at radius 1 is 1.37 bits per heavy atom. The summed E-state index contributed by atoms with van der Waals surface area (Å²) in [6, 6.07) is 5.63. The lowest BCUT2D eigenvalue weighted by Crippen LogP contribution is -2.59. The van der Waals surface area contributed by atoms with E-state index in [1.54, 1.807) is 24.0 Å². The summed E-state index contributed by atoms with van der Waals surface area (Å²) in [7, 11) is 0. The van der Waals surface area contributed by atoms with E-state index in [1.807, 2.05) is 6.92 Å². The predicted molar refractivity (Wildman–Crippen MR) is 68.9 cm³/mol. The number of carbonyl (C=O) groups excluding carboxylic acids is 2. The van der Waals surface area contributed by atoms with Crippen LogP contribution in [0.1, 0.15) is 19.4 Å². The average Bonchev–Trinajstić information content (AvgIpc) is 2.36. The van der Waals surface area contributed by atoms with E-state index >= 15 is 0 Å². The van der Waals surface area contributed by atoms with Gasteiger partial charge in [-0.3, -0.25) is 9.59 Å². The number of benzene rings is 1. The number of hydrogen-bond acceptors (Lipinski definition) is 2. The maximum atomic E-state index is 12.8. The quantitative estimate of drug-likeness (QED) is 0.889. The molecule has 19 heavy (non-hydrogen) atoms. The van der Waals surface area contributed by atoms with Gasteiger partial charge in [-0.15, -0.1) is 0 Å².